The van der Waals surface area contributed by atoms with Crippen LogP contribution in [0.4, 0.5) is 0 Å². The van der Waals surface area contributed by atoms with Crippen molar-refractivity contribution in [1.82, 2.24) is 20.0 Å². The third-order valence-electron chi connectivity index (χ3n) is 6.44. The predicted octanol–water partition coefficient (Wildman–Crippen LogP) is 2.04. The molecule has 2 aliphatic heterocycles. The normalized spacial score (nSPS) is 19.7. The van der Waals surface area contributed by atoms with Gasteiger partial charge in [0.05, 0.1) is 24.6 Å². The van der Waals surface area contributed by atoms with Crippen molar-refractivity contribution in [3.63, 3.8) is 0 Å². The maximum absolute atomic E-state index is 13.5. The third kappa shape index (κ3) is 5.55. The van der Waals surface area contributed by atoms with Crippen LogP contribution in [0.3, 0.4) is 0 Å². The van der Waals surface area contributed by atoms with E-state index >= 15 is 0 Å². The highest BCUT2D eigenvalue weighted by atomic mass is 35.5. The van der Waals surface area contributed by atoms with Gasteiger partial charge in [0, 0.05) is 36.3 Å². The Hall–Kier alpha value is -3.77. The molecule has 0 radical (unpaired) electrons. The third-order valence-corrected chi connectivity index (χ3v) is 6.67. The summed E-state index contributed by atoms with van der Waals surface area (Å²) in [6.45, 7) is 4.18. The van der Waals surface area contributed by atoms with Crippen molar-refractivity contribution in [2.45, 2.75) is 0 Å². The van der Waals surface area contributed by atoms with Crippen LogP contribution in [0.25, 0.3) is 16.9 Å². The SMILES string of the molecule is O=CO[N+]1(C(=O)c2cc(-c3cccc(OCCN4CCOCC4)c3)n(-c3cccc(Cl)c3)n2)CNC(=O)C1. The summed E-state index contributed by atoms with van der Waals surface area (Å²) in [5.74, 6) is -0.364. The lowest BCUT2D eigenvalue weighted by Gasteiger charge is -2.26. The zero-order chi connectivity index (χ0) is 26.5. The number of nitrogens with zero attached hydrogens (tertiary/aromatic N) is 4. The number of morpholine rings is 1. The van der Waals surface area contributed by atoms with Crippen molar-refractivity contribution in [3.05, 3.63) is 65.3 Å². The molecule has 5 rings (SSSR count). The number of carbonyl (C=O) groups excluding carboxylic acids is 3. The zero-order valence-corrected chi connectivity index (χ0v) is 21.3. The maximum Gasteiger partial charge on any atom is 0.409 e. The Kier molecular flexibility index (Phi) is 7.70. The summed E-state index contributed by atoms with van der Waals surface area (Å²) in [5, 5.41) is 7.58. The molecule has 12 heteroatoms. The molecule has 2 fully saturated rings. The van der Waals surface area contributed by atoms with Crippen molar-refractivity contribution in [1.29, 1.82) is 0 Å². The fourth-order valence-corrected chi connectivity index (χ4v) is 4.66. The van der Waals surface area contributed by atoms with Gasteiger partial charge in [-0.3, -0.25) is 14.5 Å². The number of halogens is 1. The van der Waals surface area contributed by atoms with Crippen molar-refractivity contribution >= 4 is 29.9 Å². The van der Waals surface area contributed by atoms with Crippen LogP contribution in [-0.2, 0) is 19.2 Å². The van der Waals surface area contributed by atoms with E-state index in [9.17, 15) is 14.4 Å². The average Bonchev–Trinajstić information content (AvgIpc) is 3.54. The fraction of sp³-hybridized carbons (Fsp3) is 0.308. The summed E-state index contributed by atoms with van der Waals surface area (Å²) in [5.41, 5.74) is 2.00. The van der Waals surface area contributed by atoms with Crippen LogP contribution in [0.1, 0.15) is 10.5 Å². The second-order valence-corrected chi connectivity index (χ2v) is 9.39. The minimum Gasteiger partial charge on any atom is -0.492 e. The van der Waals surface area contributed by atoms with Gasteiger partial charge in [0.1, 0.15) is 12.4 Å². The lowest BCUT2D eigenvalue weighted by Crippen LogP contribution is -2.51. The van der Waals surface area contributed by atoms with Crippen LogP contribution >= 0.6 is 11.6 Å². The lowest BCUT2D eigenvalue weighted by molar-refractivity contribution is -1.01. The van der Waals surface area contributed by atoms with Gasteiger partial charge in [-0.1, -0.05) is 29.8 Å². The number of aromatic nitrogens is 2. The van der Waals surface area contributed by atoms with Gasteiger partial charge in [0.2, 0.25) is 13.2 Å². The van der Waals surface area contributed by atoms with Crippen LogP contribution in [0.2, 0.25) is 5.02 Å². The second-order valence-electron chi connectivity index (χ2n) is 8.95. The van der Waals surface area contributed by atoms with E-state index in [4.69, 9.17) is 25.9 Å². The average molecular weight is 541 g/mol. The van der Waals surface area contributed by atoms with Gasteiger partial charge >= 0.3 is 12.4 Å². The summed E-state index contributed by atoms with van der Waals surface area (Å²) in [4.78, 5) is 44.0. The monoisotopic (exact) mass is 540 g/mol. The molecule has 2 amide bonds. The van der Waals surface area contributed by atoms with Gasteiger partial charge in [0.25, 0.3) is 5.91 Å². The van der Waals surface area contributed by atoms with E-state index in [1.165, 1.54) is 0 Å². The van der Waals surface area contributed by atoms with Gasteiger partial charge in [-0.25, -0.2) is 14.3 Å². The fourth-order valence-electron chi connectivity index (χ4n) is 4.48. The zero-order valence-electron chi connectivity index (χ0n) is 20.5. The first-order valence-corrected chi connectivity index (χ1v) is 12.6. The first kappa shape index (κ1) is 25.9. The Balaban J connectivity index is 1.46. The molecule has 1 atom stereocenters. The molecule has 2 aliphatic rings. The highest BCUT2D eigenvalue weighted by Crippen LogP contribution is 2.29. The Morgan fingerprint density at radius 2 is 1.97 bits per heavy atom. The molecule has 0 saturated carbocycles. The highest BCUT2D eigenvalue weighted by Gasteiger charge is 2.50. The maximum atomic E-state index is 13.5. The summed E-state index contributed by atoms with van der Waals surface area (Å²) in [6.07, 6.45) is 0. The molecule has 1 aromatic heterocycles. The Bertz CT molecular complexity index is 1340. The molecule has 2 aromatic carbocycles. The molecule has 0 aliphatic carbocycles. The first-order chi connectivity index (χ1) is 18.5. The molecule has 3 aromatic rings. The van der Waals surface area contributed by atoms with E-state index < -0.39 is 16.5 Å². The quantitative estimate of drug-likeness (QED) is 0.324. The van der Waals surface area contributed by atoms with Gasteiger partial charge < -0.3 is 14.8 Å². The van der Waals surface area contributed by atoms with Crippen LogP contribution in [-0.4, -0.2) is 90.3 Å². The second kappa shape index (κ2) is 11.3. The number of amides is 2. The molecule has 1 N–H and O–H groups in total. The van der Waals surface area contributed by atoms with E-state index in [0.717, 1.165) is 38.4 Å². The van der Waals surface area contributed by atoms with Crippen LogP contribution in [0, 0.1) is 0 Å². The van der Waals surface area contributed by atoms with Crippen molar-refractivity contribution < 1.29 is 33.3 Å². The number of hydrogen-bond donors (Lipinski definition) is 1. The van der Waals surface area contributed by atoms with Gasteiger partial charge in [-0.05, 0) is 35.0 Å². The molecule has 0 spiro atoms. The molecule has 0 bridgehead atoms. The van der Waals surface area contributed by atoms with Crippen LogP contribution in [0.15, 0.2) is 54.6 Å². The number of nitrogens with one attached hydrogen (secondary N) is 1. The van der Waals surface area contributed by atoms with Crippen molar-refractivity contribution in [3.8, 4) is 22.7 Å². The highest BCUT2D eigenvalue weighted by molar-refractivity contribution is 6.30. The topological polar surface area (TPSA) is 112 Å². The Morgan fingerprint density at radius 1 is 1.16 bits per heavy atom. The standard InChI is InChI=1S/C26H26ClN5O6/c27-20-4-2-5-21(14-20)31-24(15-23(29-31)26(35)32(38-18-33)16-25(34)28-17-32)19-3-1-6-22(13-19)37-12-9-30-7-10-36-11-8-30/h1-6,13-15,18H,7-12,16-17H2/p+1. The van der Waals surface area contributed by atoms with Crippen molar-refractivity contribution in [2.24, 2.45) is 0 Å². The number of hydrogen-bond acceptors (Lipinski definition) is 8. The molecule has 38 heavy (non-hydrogen) atoms. The van der Waals surface area contributed by atoms with Crippen molar-refractivity contribution in [2.75, 3.05) is 52.7 Å². The van der Waals surface area contributed by atoms with E-state index in [0.29, 0.717) is 28.8 Å². The molecule has 3 heterocycles. The van der Waals surface area contributed by atoms with E-state index in [1.807, 2.05) is 30.3 Å². The first-order valence-electron chi connectivity index (χ1n) is 12.2. The summed E-state index contributed by atoms with van der Waals surface area (Å²) >= 11 is 6.24. The predicted molar refractivity (Wildman–Crippen MR) is 136 cm³/mol. The number of carbonyl (C=O) groups is 3. The van der Waals surface area contributed by atoms with E-state index in [-0.39, 0.29) is 25.4 Å². The van der Waals surface area contributed by atoms with Gasteiger partial charge in [0.15, 0.2) is 5.69 Å². The minimum absolute atomic E-state index is 0.0250. The van der Waals surface area contributed by atoms with E-state index in [1.54, 1.807) is 28.9 Å². The Morgan fingerprint density at radius 3 is 2.71 bits per heavy atom. The smallest absolute Gasteiger partial charge is 0.409 e. The van der Waals surface area contributed by atoms with Gasteiger partial charge in [-0.2, -0.15) is 5.10 Å². The molecule has 2 saturated heterocycles. The van der Waals surface area contributed by atoms with Crippen LogP contribution in [0.5, 0.6) is 5.75 Å². The number of ether oxygens (including phenoxy) is 2. The summed E-state index contributed by atoms with van der Waals surface area (Å²) < 4.78 is 12.2. The number of quaternary nitrogens is 1. The summed E-state index contributed by atoms with van der Waals surface area (Å²) in [7, 11) is 0. The van der Waals surface area contributed by atoms with Crippen LogP contribution < -0.4 is 10.1 Å². The summed E-state index contributed by atoms with van der Waals surface area (Å²) in [6, 6.07) is 16.2. The number of benzene rings is 2. The lowest BCUT2D eigenvalue weighted by atomic mass is 10.1. The Labute approximate surface area is 224 Å². The molecule has 11 nitrogen and oxygen atoms in total. The number of rotatable bonds is 9. The minimum atomic E-state index is -0.848. The van der Waals surface area contributed by atoms with E-state index in [2.05, 4.69) is 15.3 Å². The van der Waals surface area contributed by atoms with Gasteiger partial charge in [-0.15, -0.1) is 0 Å². The molecule has 198 valence electrons. The molecular formula is C26H27ClN5O6+. The number of hydroxylamine groups is 3. The largest absolute Gasteiger partial charge is 0.492 e. The molecular weight excluding hydrogens is 514 g/mol. The molecule has 1 unspecified atom stereocenters.